The zero-order chi connectivity index (χ0) is 14.5. The number of hydrogen-bond donors (Lipinski definition) is 0. The molecule has 1 aliphatic rings. The summed E-state index contributed by atoms with van der Waals surface area (Å²) in [5, 5.41) is 0.177. The average Bonchev–Trinajstić information content (AvgIpc) is 2.76. The predicted molar refractivity (Wildman–Crippen MR) is 84.5 cm³/mol. The normalized spacial score (nSPS) is 24.1. The molecular formula is C16H24N2OS. The molecular weight excluding hydrogens is 268 g/mol. The second-order valence-electron chi connectivity index (χ2n) is 5.51. The topological polar surface area (TPSA) is 33.2 Å². The summed E-state index contributed by atoms with van der Waals surface area (Å²) >= 11 is 1.74. The number of nitrogens with zero attached hydrogens (tertiary/aromatic N) is 2. The van der Waals surface area contributed by atoms with E-state index >= 15 is 0 Å². The highest BCUT2D eigenvalue weighted by Gasteiger charge is 2.40. The van der Waals surface area contributed by atoms with Crippen LogP contribution in [0.4, 0.5) is 0 Å². The van der Waals surface area contributed by atoms with Crippen molar-refractivity contribution in [3.63, 3.8) is 0 Å². The van der Waals surface area contributed by atoms with E-state index in [0.29, 0.717) is 6.04 Å². The highest BCUT2D eigenvalue weighted by atomic mass is 32.2. The van der Waals surface area contributed by atoms with Gasteiger partial charge in [-0.05, 0) is 26.3 Å². The Balaban J connectivity index is 2.12. The molecule has 4 heteroatoms. The van der Waals surface area contributed by atoms with Crippen molar-refractivity contribution in [2.24, 2.45) is 0 Å². The minimum Gasteiger partial charge on any atom is -0.323 e. The summed E-state index contributed by atoms with van der Waals surface area (Å²) in [5.41, 5.74) is 1.14. The third-order valence-corrected chi connectivity index (χ3v) is 5.22. The Morgan fingerprint density at radius 1 is 1.45 bits per heavy atom. The highest BCUT2D eigenvalue weighted by molar-refractivity contribution is 8.01. The van der Waals surface area contributed by atoms with E-state index in [9.17, 15) is 4.79 Å². The van der Waals surface area contributed by atoms with E-state index in [1.54, 1.807) is 18.0 Å². The van der Waals surface area contributed by atoms with Gasteiger partial charge in [0, 0.05) is 24.0 Å². The minimum atomic E-state index is 0.0498. The van der Waals surface area contributed by atoms with Gasteiger partial charge in [-0.1, -0.05) is 32.3 Å². The number of hydrogen-bond acceptors (Lipinski definition) is 3. The van der Waals surface area contributed by atoms with E-state index in [0.717, 1.165) is 12.0 Å². The molecule has 110 valence electrons. The van der Waals surface area contributed by atoms with Gasteiger partial charge in [0.2, 0.25) is 5.91 Å². The Kier molecular flexibility index (Phi) is 5.46. The summed E-state index contributed by atoms with van der Waals surface area (Å²) < 4.78 is 0. The van der Waals surface area contributed by atoms with Gasteiger partial charge in [0.15, 0.2) is 0 Å². The molecule has 20 heavy (non-hydrogen) atoms. The molecule has 3 unspecified atom stereocenters. The molecule has 1 aromatic rings. The van der Waals surface area contributed by atoms with E-state index < -0.39 is 0 Å². The first-order valence-electron chi connectivity index (χ1n) is 7.52. The number of carbonyl (C=O) groups is 1. The first kappa shape index (κ1) is 15.4. The Morgan fingerprint density at radius 3 is 2.90 bits per heavy atom. The van der Waals surface area contributed by atoms with Crippen LogP contribution in [0.2, 0.25) is 0 Å². The molecule has 1 saturated heterocycles. The van der Waals surface area contributed by atoms with Crippen LogP contribution in [0.1, 0.15) is 57.4 Å². The molecule has 0 spiro atoms. The molecule has 1 amide bonds. The average molecular weight is 292 g/mol. The summed E-state index contributed by atoms with van der Waals surface area (Å²) in [6.07, 6.45) is 8.41. The fraction of sp³-hybridized carbons (Fsp3) is 0.625. The predicted octanol–water partition coefficient (Wildman–Crippen LogP) is 4.01. The number of thioether (sulfide) groups is 1. The fourth-order valence-corrected chi connectivity index (χ4v) is 4.05. The van der Waals surface area contributed by atoms with Crippen LogP contribution in [0, 0.1) is 0 Å². The van der Waals surface area contributed by atoms with Crippen molar-refractivity contribution in [1.82, 2.24) is 9.88 Å². The number of carbonyl (C=O) groups excluding carboxylic acids is 1. The molecule has 0 aliphatic carbocycles. The van der Waals surface area contributed by atoms with Gasteiger partial charge in [0.1, 0.15) is 5.37 Å². The summed E-state index contributed by atoms with van der Waals surface area (Å²) in [4.78, 5) is 18.7. The van der Waals surface area contributed by atoms with Crippen molar-refractivity contribution < 1.29 is 4.79 Å². The summed E-state index contributed by atoms with van der Waals surface area (Å²) in [6.45, 7) is 6.40. The number of rotatable bonds is 6. The molecule has 0 bridgehead atoms. The van der Waals surface area contributed by atoms with Crippen molar-refractivity contribution >= 4 is 17.7 Å². The Bertz CT molecular complexity index is 437. The van der Waals surface area contributed by atoms with Crippen LogP contribution in [0.5, 0.6) is 0 Å². The summed E-state index contributed by atoms with van der Waals surface area (Å²) in [5.74, 6) is 0.271. The maximum atomic E-state index is 12.4. The zero-order valence-corrected chi connectivity index (χ0v) is 13.4. The van der Waals surface area contributed by atoms with Crippen LogP contribution in [0.25, 0.3) is 0 Å². The maximum absolute atomic E-state index is 12.4. The number of pyridine rings is 1. The number of amides is 1. The quantitative estimate of drug-likeness (QED) is 0.743. The lowest BCUT2D eigenvalue weighted by atomic mass is 10.1. The smallest absolute Gasteiger partial charge is 0.236 e. The molecule has 0 aromatic carbocycles. The SMILES string of the molecule is CCCCCC(C)N1C(=O)C(C)SC1c1cccnc1. The van der Waals surface area contributed by atoms with Crippen molar-refractivity contribution in [2.45, 2.75) is 63.1 Å². The molecule has 3 atom stereocenters. The van der Waals surface area contributed by atoms with E-state index in [2.05, 4.69) is 29.8 Å². The Hall–Kier alpha value is -1.03. The molecule has 2 rings (SSSR count). The second-order valence-corrected chi connectivity index (χ2v) is 6.93. The molecule has 0 saturated carbocycles. The van der Waals surface area contributed by atoms with E-state index in [-0.39, 0.29) is 16.5 Å². The number of aromatic nitrogens is 1. The molecule has 1 fully saturated rings. The monoisotopic (exact) mass is 292 g/mol. The summed E-state index contributed by atoms with van der Waals surface area (Å²) in [7, 11) is 0. The fourth-order valence-electron chi connectivity index (χ4n) is 2.68. The minimum absolute atomic E-state index is 0.0498. The van der Waals surface area contributed by atoms with E-state index in [1.807, 2.05) is 19.2 Å². The molecule has 2 heterocycles. The van der Waals surface area contributed by atoms with Crippen LogP contribution < -0.4 is 0 Å². The van der Waals surface area contributed by atoms with Gasteiger partial charge in [-0.15, -0.1) is 11.8 Å². The van der Waals surface area contributed by atoms with Crippen LogP contribution in [0.15, 0.2) is 24.5 Å². The van der Waals surface area contributed by atoms with Gasteiger partial charge in [-0.2, -0.15) is 0 Å². The van der Waals surface area contributed by atoms with Crippen molar-refractivity contribution in [3.8, 4) is 0 Å². The molecule has 3 nitrogen and oxygen atoms in total. The largest absolute Gasteiger partial charge is 0.323 e. The molecule has 0 radical (unpaired) electrons. The van der Waals surface area contributed by atoms with Gasteiger partial charge < -0.3 is 4.90 Å². The van der Waals surface area contributed by atoms with Gasteiger partial charge >= 0.3 is 0 Å². The zero-order valence-electron chi connectivity index (χ0n) is 12.6. The Labute approximate surface area is 126 Å². The summed E-state index contributed by atoms with van der Waals surface area (Å²) in [6, 6.07) is 4.32. The first-order valence-corrected chi connectivity index (χ1v) is 8.47. The van der Waals surface area contributed by atoms with Crippen LogP contribution in [0.3, 0.4) is 0 Å². The second kappa shape index (κ2) is 7.11. The molecule has 1 aromatic heterocycles. The van der Waals surface area contributed by atoms with Crippen molar-refractivity contribution in [3.05, 3.63) is 30.1 Å². The Morgan fingerprint density at radius 2 is 2.25 bits per heavy atom. The van der Waals surface area contributed by atoms with E-state index in [4.69, 9.17) is 0 Å². The molecule has 0 N–H and O–H groups in total. The van der Waals surface area contributed by atoms with Crippen LogP contribution in [-0.2, 0) is 4.79 Å². The maximum Gasteiger partial charge on any atom is 0.236 e. The van der Waals surface area contributed by atoms with Crippen molar-refractivity contribution in [1.29, 1.82) is 0 Å². The van der Waals surface area contributed by atoms with E-state index in [1.165, 1.54) is 19.3 Å². The third kappa shape index (κ3) is 3.35. The lowest BCUT2D eigenvalue weighted by Gasteiger charge is -2.30. The van der Waals surface area contributed by atoms with Crippen LogP contribution in [-0.4, -0.2) is 27.1 Å². The molecule has 1 aliphatic heterocycles. The number of unbranched alkanes of at least 4 members (excludes halogenated alkanes) is 2. The van der Waals surface area contributed by atoms with Gasteiger partial charge in [-0.25, -0.2) is 0 Å². The third-order valence-electron chi connectivity index (χ3n) is 3.86. The lowest BCUT2D eigenvalue weighted by molar-refractivity contribution is -0.131. The van der Waals surface area contributed by atoms with Gasteiger partial charge in [0.25, 0.3) is 0 Å². The van der Waals surface area contributed by atoms with Crippen LogP contribution >= 0.6 is 11.8 Å². The standard InChI is InChI=1S/C16H24N2OS/c1-4-5-6-8-12(2)18-15(19)13(3)20-16(18)14-9-7-10-17-11-14/h7,9-13,16H,4-6,8H2,1-3H3. The van der Waals surface area contributed by atoms with Gasteiger partial charge in [0.05, 0.1) is 5.25 Å². The lowest BCUT2D eigenvalue weighted by Crippen LogP contribution is -2.37. The van der Waals surface area contributed by atoms with Gasteiger partial charge in [-0.3, -0.25) is 9.78 Å². The van der Waals surface area contributed by atoms with Crippen molar-refractivity contribution in [2.75, 3.05) is 0 Å². The highest BCUT2D eigenvalue weighted by Crippen LogP contribution is 2.44. The first-order chi connectivity index (χ1) is 9.65.